The molecule has 0 amide bonds. The van der Waals surface area contributed by atoms with Crippen LogP contribution >= 0.6 is 0 Å². The van der Waals surface area contributed by atoms with Gasteiger partial charge in [-0.05, 0) is 25.0 Å². The van der Waals surface area contributed by atoms with Crippen molar-refractivity contribution in [2.45, 2.75) is 31.8 Å². The number of aryl methyl sites for hydroxylation is 1. The highest BCUT2D eigenvalue weighted by Crippen LogP contribution is 2.41. The number of aromatic amines is 1. The monoisotopic (exact) mass is 411 g/mol. The van der Waals surface area contributed by atoms with E-state index in [0.717, 1.165) is 23.1 Å². The van der Waals surface area contributed by atoms with Crippen molar-refractivity contribution in [2.75, 3.05) is 6.61 Å². The average molecular weight is 411 g/mol. The topological polar surface area (TPSA) is 126 Å². The Hall–Kier alpha value is -3.46. The number of pyridine rings is 1. The Morgan fingerprint density at radius 2 is 2.17 bits per heavy atom. The Labute approximate surface area is 170 Å². The minimum atomic E-state index is -1.67. The van der Waals surface area contributed by atoms with Gasteiger partial charge in [0.1, 0.15) is 5.75 Å². The molecule has 4 N–H and O–H groups in total. The van der Waals surface area contributed by atoms with Gasteiger partial charge in [0.05, 0.1) is 17.8 Å². The molecular weight excluding hydrogens is 390 g/mol. The largest absolute Gasteiger partial charge is 0.511 e. The standard InChI is InChI=1S/C21H21N3O6/c1-24-12(9-22-11-2-3-11)6-10-7-14-16(8-15(10)24)29-5-4-13-17(14)23-20(26)19(18(13)25)30-21(27)28/h6-8,11,22H,2-5,9H2,1H3,(H,27,28)(H2,23,25,26). The Morgan fingerprint density at radius 1 is 1.37 bits per heavy atom. The molecule has 3 heterocycles. The highest BCUT2D eigenvalue weighted by molar-refractivity contribution is 5.90. The minimum absolute atomic E-state index is 0.262. The molecule has 2 aromatic heterocycles. The molecule has 1 saturated carbocycles. The van der Waals surface area contributed by atoms with E-state index < -0.39 is 23.2 Å². The van der Waals surface area contributed by atoms with E-state index in [9.17, 15) is 14.7 Å². The van der Waals surface area contributed by atoms with Crippen LogP contribution in [0.1, 0.15) is 24.1 Å². The summed E-state index contributed by atoms with van der Waals surface area (Å²) in [6.07, 6.45) is 1.05. The Bertz CT molecular complexity index is 1240. The summed E-state index contributed by atoms with van der Waals surface area (Å²) in [5, 5.41) is 23.9. The first kappa shape index (κ1) is 18.6. The van der Waals surface area contributed by atoms with Crippen molar-refractivity contribution >= 4 is 17.1 Å². The molecule has 5 rings (SSSR count). The van der Waals surface area contributed by atoms with Crippen molar-refractivity contribution in [1.82, 2.24) is 14.9 Å². The summed E-state index contributed by atoms with van der Waals surface area (Å²) in [6, 6.07) is 6.54. The van der Waals surface area contributed by atoms with Crippen LogP contribution in [0.4, 0.5) is 4.79 Å². The second kappa shape index (κ2) is 6.81. The van der Waals surface area contributed by atoms with E-state index in [1.165, 1.54) is 12.8 Å². The Kier molecular flexibility index (Phi) is 4.21. The Balaban J connectivity index is 1.64. The smallest absolute Gasteiger partial charge is 0.504 e. The zero-order valence-electron chi connectivity index (χ0n) is 16.3. The van der Waals surface area contributed by atoms with E-state index in [0.29, 0.717) is 28.6 Å². The van der Waals surface area contributed by atoms with Crippen molar-refractivity contribution in [1.29, 1.82) is 0 Å². The predicted molar refractivity (Wildman–Crippen MR) is 108 cm³/mol. The highest BCUT2D eigenvalue weighted by Gasteiger charge is 2.26. The third-order valence-corrected chi connectivity index (χ3v) is 5.71. The van der Waals surface area contributed by atoms with Crippen LogP contribution in [0.5, 0.6) is 17.2 Å². The molecule has 0 spiro atoms. The Morgan fingerprint density at radius 3 is 2.90 bits per heavy atom. The first-order valence-corrected chi connectivity index (χ1v) is 9.80. The summed E-state index contributed by atoms with van der Waals surface area (Å²) in [5.41, 5.74) is 2.75. The molecule has 3 aromatic rings. The van der Waals surface area contributed by atoms with Crippen LogP contribution in [0.15, 0.2) is 23.0 Å². The van der Waals surface area contributed by atoms with E-state index >= 15 is 0 Å². The molecule has 1 aliphatic carbocycles. The quantitative estimate of drug-likeness (QED) is 0.486. The van der Waals surface area contributed by atoms with Gasteiger partial charge in [-0.2, -0.15) is 0 Å². The van der Waals surface area contributed by atoms with Crippen LogP contribution in [0.3, 0.4) is 0 Å². The fraction of sp³-hybridized carbons (Fsp3) is 0.333. The number of nitrogens with one attached hydrogen (secondary N) is 2. The molecule has 9 heteroatoms. The van der Waals surface area contributed by atoms with E-state index in [1.807, 2.05) is 19.2 Å². The van der Waals surface area contributed by atoms with Gasteiger partial charge in [0.25, 0.3) is 5.56 Å². The molecule has 9 nitrogen and oxygen atoms in total. The first-order chi connectivity index (χ1) is 14.4. The predicted octanol–water partition coefficient (Wildman–Crippen LogP) is 2.48. The zero-order chi connectivity index (χ0) is 21.0. The summed E-state index contributed by atoms with van der Waals surface area (Å²) >= 11 is 0. The van der Waals surface area contributed by atoms with Gasteiger partial charge >= 0.3 is 6.16 Å². The zero-order valence-corrected chi connectivity index (χ0v) is 16.3. The number of aromatic hydroxyl groups is 1. The highest BCUT2D eigenvalue weighted by atomic mass is 16.7. The number of hydrogen-bond donors (Lipinski definition) is 4. The lowest BCUT2D eigenvalue weighted by Crippen LogP contribution is -2.17. The van der Waals surface area contributed by atoms with Gasteiger partial charge < -0.3 is 34.6 Å². The lowest BCUT2D eigenvalue weighted by Gasteiger charge is -2.12. The number of rotatable bonds is 4. The molecule has 0 radical (unpaired) electrons. The number of aromatic nitrogens is 2. The van der Waals surface area contributed by atoms with Gasteiger partial charge in [0.2, 0.25) is 5.75 Å². The maximum atomic E-state index is 12.4. The summed E-state index contributed by atoms with van der Waals surface area (Å²) in [7, 11) is 2.01. The van der Waals surface area contributed by atoms with Crippen LogP contribution < -0.4 is 20.3 Å². The number of hydrogen-bond acceptors (Lipinski definition) is 6. The number of H-pyrrole nitrogens is 1. The van der Waals surface area contributed by atoms with Crippen molar-refractivity contribution in [3.8, 4) is 28.5 Å². The molecule has 0 saturated heterocycles. The fourth-order valence-electron chi connectivity index (χ4n) is 3.97. The molecule has 0 bridgehead atoms. The molecule has 0 atom stereocenters. The van der Waals surface area contributed by atoms with Gasteiger partial charge in [-0.15, -0.1) is 0 Å². The van der Waals surface area contributed by atoms with Crippen molar-refractivity contribution in [3.05, 3.63) is 39.8 Å². The van der Waals surface area contributed by atoms with Gasteiger partial charge in [0, 0.05) is 54.3 Å². The normalized spacial score (nSPS) is 15.2. The van der Waals surface area contributed by atoms with Gasteiger partial charge in [-0.3, -0.25) is 4.79 Å². The molecule has 2 aliphatic rings. The van der Waals surface area contributed by atoms with Crippen molar-refractivity contribution in [2.24, 2.45) is 7.05 Å². The van der Waals surface area contributed by atoms with Crippen LogP contribution in [-0.4, -0.2) is 38.6 Å². The minimum Gasteiger partial charge on any atom is -0.504 e. The summed E-state index contributed by atoms with van der Waals surface area (Å²) in [6.45, 7) is 1.03. The maximum absolute atomic E-state index is 12.4. The van der Waals surface area contributed by atoms with Crippen LogP contribution in [0.25, 0.3) is 22.2 Å². The van der Waals surface area contributed by atoms with E-state index in [2.05, 4.69) is 25.7 Å². The number of carboxylic acid groups (broad SMARTS) is 1. The maximum Gasteiger partial charge on any atom is 0.511 e. The second-order valence-electron chi connectivity index (χ2n) is 7.71. The summed E-state index contributed by atoms with van der Waals surface area (Å²) in [4.78, 5) is 25.9. The SMILES string of the molecule is Cn1c(CNC2CC2)cc2cc3c(cc21)OCCc1c-3[nH]c(=O)c(OC(=O)O)c1O. The van der Waals surface area contributed by atoms with Crippen LogP contribution in [0, 0.1) is 0 Å². The van der Waals surface area contributed by atoms with Gasteiger partial charge in [-0.25, -0.2) is 4.79 Å². The van der Waals surface area contributed by atoms with E-state index in [1.54, 1.807) is 0 Å². The number of carbonyl (C=O) groups is 1. The van der Waals surface area contributed by atoms with Crippen molar-refractivity contribution in [3.63, 3.8) is 0 Å². The fourth-order valence-corrected chi connectivity index (χ4v) is 3.97. The third kappa shape index (κ3) is 3.07. The van der Waals surface area contributed by atoms with Crippen LogP contribution in [-0.2, 0) is 20.0 Å². The van der Waals surface area contributed by atoms with E-state index in [4.69, 9.17) is 9.84 Å². The number of benzene rings is 1. The summed E-state index contributed by atoms with van der Waals surface area (Å²) < 4.78 is 12.5. The number of fused-ring (bicyclic) bond motifs is 4. The first-order valence-electron chi connectivity index (χ1n) is 9.80. The molecule has 1 fully saturated rings. The van der Waals surface area contributed by atoms with Crippen molar-refractivity contribution < 1.29 is 24.5 Å². The number of nitrogens with zero attached hydrogens (tertiary/aromatic N) is 1. The number of ether oxygens (including phenoxy) is 2. The van der Waals surface area contributed by atoms with Crippen LogP contribution in [0.2, 0.25) is 0 Å². The average Bonchev–Trinajstić information content (AvgIpc) is 3.50. The lowest BCUT2D eigenvalue weighted by atomic mass is 10.0. The third-order valence-electron chi connectivity index (χ3n) is 5.71. The van der Waals surface area contributed by atoms with Gasteiger partial charge in [-0.1, -0.05) is 0 Å². The molecular formula is C21H21N3O6. The summed E-state index contributed by atoms with van der Waals surface area (Å²) in [5.74, 6) is -0.514. The molecule has 1 aliphatic heterocycles. The lowest BCUT2D eigenvalue weighted by molar-refractivity contribution is 0.142. The van der Waals surface area contributed by atoms with Gasteiger partial charge in [0.15, 0.2) is 5.75 Å². The molecule has 156 valence electrons. The molecule has 0 unspecified atom stereocenters. The van der Waals surface area contributed by atoms with E-state index in [-0.39, 0.29) is 13.0 Å². The molecule has 30 heavy (non-hydrogen) atoms. The molecule has 1 aromatic carbocycles. The second-order valence-corrected chi connectivity index (χ2v) is 7.71.